The molecule has 0 aliphatic carbocycles. The lowest BCUT2D eigenvalue weighted by Gasteiger charge is -2.08. The maximum Gasteiger partial charge on any atom is 0.257 e. The van der Waals surface area contributed by atoms with Crippen LogP contribution in [0.5, 0.6) is 5.75 Å². The van der Waals surface area contributed by atoms with Crippen LogP contribution in [0.4, 0.5) is 0 Å². The number of hydrogen-bond donors (Lipinski definition) is 1. The highest BCUT2D eigenvalue weighted by atomic mass is 35.5. The van der Waals surface area contributed by atoms with E-state index in [0.717, 1.165) is 12.8 Å². The van der Waals surface area contributed by atoms with Crippen molar-refractivity contribution in [2.45, 2.75) is 25.1 Å². The lowest BCUT2D eigenvalue weighted by atomic mass is 10.2. The fourth-order valence-corrected chi connectivity index (χ4v) is 1.62. The summed E-state index contributed by atoms with van der Waals surface area (Å²) in [5.74, 6) is 0.496. The number of amides is 1. The monoisotopic (exact) mass is 289 g/mol. The molecule has 1 N–H and O–H groups in total. The minimum Gasteiger partial charge on any atom is -0.484 e. The third-order valence-corrected chi connectivity index (χ3v) is 2.75. The number of carbonyl (C=O) groups is 1. The first-order valence-corrected chi connectivity index (χ1v) is 6.68. The SMILES string of the molecule is CC(Cl)CCCNC(=O)COc1ccc(Cl)cc1. The Hall–Kier alpha value is -0.930. The molecule has 0 saturated carbocycles. The molecular formula is C13H17Cl2NO2. The van der Waals surface area contributed by atoms with Crippen LogP contribution < -0.4 is 10.1 Å². The minimum absolute atomic E-state index is 0.0120. The molecule has 0 bridgehead atoms. The second-order valence-corrected chi connectivity index (χ2v) is 5.20. The van der Waals surface area contributed by atoms with Crippen molar-refractivity contribution >= 4 is 29.1 Å². The van der Waals surface area contributed by atoms with E-state index in [1.807, 2.05) is 6.92 Å². The maximum atomic E-state index is 11.4. The van der Waals surface area contributed by atoms with Gasteiger partial charge in [0.2, 0.25) is 0 Å². The molecule has 0 heterocycles. The van der Waals surface area contributed by atoms with Gasteiger partial charge in [-0.05, 0) is 44.0 Å². The van der Waals surface area contributed by atoms with Crippen LogP contribution in [0.25, 0.3) is 0 Å². The fraction of sp³-hybridized carbons (Fsp3) is 0.462. The number of halogens is 2. The molecule has 0 radical (unpaired) electrons. The summed E-state index contributed by atoms with van der Waals surface area (Å²) in [5, 5.41) is 3.56. The molecule has 100 valence electrons. The molecule has 3 nitrogen and oxygen atoms in total. The van der Waals surface area contributed by atoms with Gasteiger partial charge in [0.1, 0.15) is 5.75 Å². The third kappa shape index (κ3) is 6.72. The number of rotatable bonds is 7. The third-order valence-electron chi connectivity index (χ3n) is 2.28. The van der Waals surface area contributed by atoms with Gasteiger partial charge in [-0.1, -0.05) is 11.6 Å². The molecule has 5 heteroatoms. The lowest BCUT2D eigenvalue weighted by molar-refractivity contribution is -0.123. The Labute approximate surface area is 117 Å². The standard InChI is InChI=1S/C13H17Cl2NO2/c1-10(14)3-2-8-16-13(17)9-18-12-6-4-11(15)5-7-12/h4-7,10H,2-3,8-9H2,1H3,(H,16,17). The topological polar surface area (TPSA) is 38.3 Å². The van der Waals surface area contributed by atoms with Crippen LogP contribution in [0.15, 0.2) is 24.3 Å². The van der Waals surface area contributed by atoms with Crippen LogP contribution in [0.2, 0.25) is 5.02 Å². The van der Waals surface area contributed by atoms with Gasteiger partial charge in [0.05, 0.1) is 0 Å². The molecule has 1 rings (SSSR count). The number of alkyl halides is 1. The van der Waals surface area contributed by atoms with Crippen LogP contribution >= 0.6 is 23.2 Å². The van der Waals surface area contributed by atoms with Gasteiger partial charge in [0.25, 0.3) is 5.91 Å². The smallest absolute Gasteiger partial charge is 0.257 e. The normalized spacial score (nSPS) is 11.9. The van der Waals surface area contributed by atoms with E-state index in [9.17, 15) is 4.79 Å². The van der Waals surface area contributed by atoms with Gasteiger partial charge in [0.15, 0.2) is 6.61 Å². The molecule has 0 fully saturated rings. The summed E-state index contributed by atoms with van der Waals surface area (Å²) in [6.07, 6.45) is 1.76. The molecular weight excluding hydrogens is 273 g/mol. The number of carbonyl (C=O) groups excluding carboxylic acids is 1. The molecule has 1 atom stereocenters. The lowest BCUT2D eigenvalue weighted by Crippen LogP contribution is -2.29. The zero-order valence-corrected chi connectivity index (χ0v) is 11.8. The molecule has 1 aromatic rings. The van der Waals surface area contributed by atoms with Crippen LogP contribution in [0.3, 0.4) is 0 Å². The summed E-state index contributed by atoms with van der Waals surface area (Å²) in [6.45, 7) is 2.57. The summed E-state index contributed by atoms with van der Waals surface area (Å²) in [7, 11) is 0. The number of ether oxygens (including phenoxy) is 1. The van der Waals surface area contributed by atoms with E-state index in [-0.39, 0.29) is 17.9 Å². The Morgan fingerprint density at radius 2 is 2.06 bits per heavy atom. The van der Waals surface area contributed by atoms with Crippen molar-refractivity contribution < 1.29 is 9.53 Å². The van der Waals surface area contributed by atoms with Gasteiger partial charge in [-0.2, -0.15) is 0 Å². The molecule has 1 amide bonds. The van der Waals surface area contributed by atoms with E-state index in [4.69, 9.17) is 27.9 Å². The first-order valence-electron chi connectivity index (χ1n) is 5.87. The van der Waals surface area contributed by atoms with Gasteiger partial charge in [-0.15, -0.1) is 11.6 Å². The highest BCUT2D eigenvalue weighted by molar-refractivity contribution is 6.30. The zero-order chi connectivity index (χ0) is 13.4. The molecule has 1 unspecified atom stereocenters. The summed E-state index contributed by atoms with van der Waals surface area (Å²) in [5.41, 5.74) is 0. The largest absolute Gasteiger partial charge is 0.484 e. The predicted octanol–water partition coefficient (Wildman–Crippen LogP) is 3.24. The van der Waals surface area contributed by atoms with Gasteiger partial charge in [-0.3, -0.25) is 4.79 Å². The van der Waals surface area contributed by atoms with Crippen molar-refractivity contribution in [3.63, 3.8) is 0 Å². The van der Waals surface area contributed by atoms with Gasteiger partial charge in [0, 0.05) is 16.9 Å². The summed E-state index contributed by atoms with van der Waals surface area (Å²) in [6, 6.07) is 6.89. The average molecular weight is 290 g/mol. The molecule has 18 heavy (non-hydrogen) atoms. The van der Waals surface area contributed by atoms with Crippen molar-refractivity contribution in [1.82, 2.24) is 5.32 Å². The summed E-state index contributed by atoms with van der Waals surface area (Å²) >= 11 is 11.5. The highest BCUT2D eigenvalue weighted by Gasteiger charge is 2.03. The summed E-state index contributed by atoms with van der Waals surface area (Å²) < 4.78 is 5.30. The maximum absolute atomic E-state index is 11.4. The molecule has 0 aliphatic rings. The van der Waals surface area contributed by atoms with Crippen molar-refractivity contribution in [3.05, 3.63) is 29.3 Å². The Bertz CT molecular complexity index is 366. The van der Waals surface area contributed by atoms with Crippen molar-refractivity contribution in [3.8, 4) is 5.75 Å². The number of benzene rings is 1. The van der Waals surface area contributed by atoms with Crippen molar-refractivity contribution in [1.29, 1.82) is 0 Å². The van der Waals surface area contributed by atoms with Crippen molar-refractivity contribution in [2.24, 2.45) is 0 Å². The quantitative estimate of drug-likeness (QED) is 0.618. The van der Waals surface area contributed by atoms with E-state index in [1.165, 1.54) is 0 Å². The first-order chi connectivity index (χ1) is 8.58. The molecule has 0 saturated heterocycles. The van der Waals surface area contributed by atoms with E-state index in [2.05, 4.69) is 5.32 Å². The van der Waals surface area contributed by atoms with Gasteiger partial charge >= 0.3 is 0 Å². The molecule has 0 spiro atoms. The second-order valence-electron chi connectivity index (χ2n) is 4.02. The van der Waals surface area contributed by atoms with Crippen molar-refractivity contribution in [2.75, 3.05) is 13.2 Å². The van der Waals surface area contributed by atoms with Crippen LogP contribution in [-0.2, 0) is 4.79 Å². The Morgan fingerprint density at radius 1 is 1.39 bits per heavy atom. The van der Waals surface area contributed by atoms with Gasteiger partial charge in [-0.25, -0.2) is 0 Å². The average Bonchev–Trinajstić information content (AvgIpc) is 2.34. The van der Waals surface area contributed by atoms with Crippen LogP contribution in [0, 0.1) is 0 Å². The first kappa shape index (κ1) is 15.1. The highest BCUT2D eigenvalue weighted by Crippen LogP contribution is 2.15. The zero-order valence-electron chi connectivity index (χ0n) is 10.3. The van der Waals surface area contributed by atoms with Crippen LogP contribution in [0.1, 0.15) is 19.8 Å². The summed E-state index contributed by atoms with van der Waals surface area (Å²) in [4.78, 5) is 11.4. The van der Waals surface area contributed by atoms with Crippen LogP contribution in [-0.4, -0.2) is 24.4 Å². The number of nitrogens with one attached hydrogen (secondary N) is 1. The number of hydrogen-bond acceptors (Lipinski definition) is 2. The second kappa shape index (κ2) is 8.22. The van der Waals surface area contributed by atoms with E-state index < -0.39 is 0 Å². The Morgan fingerprint density at radius 3 is 2.67 bits per heavy atom. The minimum atomic E-state index is -0.132. The molecule has 1 aromatic carbocycles. The Balaban J connectivity index is 2.15. The van der Waals surface area contributed by atoms with E-state index in [0.29, 0.717) is 17.3 Å². The van der Waals surface area contributed by atoms with E-state index >= 15 is 0 Å². The molecule has 0 aliphatic heterocycles. The fourth-order valence-electron chi connectivity index (χ4n) is 1.34. The van der Waals surface area contributed by atoms with Gasteiger partial charge < -0.3 is 10.1 Å². The Kier molecular flexibility index (Phi) is 6.91. The molecule has 0 aromatic heterocycles. The van der Waals surface area contributed by atoms with E-state index in [1.54, 1.807) is 24.3 Å². The predicted molar refractivity (Wildman–Crippen MR) is 74.5 cm³/mol.